The average Bonchev–Trinajstić information content (AvgIpc) is 3.11. The number of carbonyl (C=O) groups is 1. The van der Waals surface area contributed by atoms with Gasteiger partial charge in [0, 0.05) is 30.9 Å². The summed E-state index contributed by atoms with van der Waals surface area (Å²) in [6.07, 6.45) is 4.36. The normalized spacial score (nSPS) is 14.5. The molecule has 1 heterocycles. The number of anilines is 1. The van der Waals surface area contributed by atoms with Crippen LogP contribution < -0.4 is 20.9 Å². The summed E-state index contributed by atoms with van der Waals surface area (Å²) in [6.45, 7) is 11.3. The summed E-state index contributed by atoms with van der Waals surface area (Å²) in [5.74, 6) is 0.594. The highest BCUT2D eigenvalue weighted by Crippen LogP contribution is 2.18. The van der Waals surface area contributed by atoms with Crippen LogP contribution in [-0.2, 0) is 11.3 Å². The summed E-state index contributed by atoms with van der Waals surface area (Å²) in [7, 11) is 0. The lowest BCUT2D eigenvalue weighted by Crippen LogP contribution is -2.48. The van der Waals surface area contributed by atoms with Gasteiger partial charge in [-0.3, -0.25) is 4.79 Å². The van der Waals surface area contributed by atoms with Crippen molar-refractivity contribution < 1.29 is 4.79 Å². The van der Waals surface area contributed by atoms with Crippen LogP contribution in [0.25, 0.3) is 0 Å². The summed E-state index contributed by atoms with van der Waals surface area (Å²) in [5, 5.41) is 9.20. The van der Waals surface area contributed by atoms with E-state index in [1.54, 1.807) is 0 Å². The van der Waals surface area contributed by atoms with Crippen molar-refractivity contribution in [2.24, 2.45) is 4.99 Å². The Balaban J connectivity index is 1.93. The molecule has 2 rings (SSSR count). The first-order valence-corrected chi connectivity index (χ1v) is 9.19. The minimum Gasteiger partial charge on any atom is -0.364 e. The van der Waals surface area contributed by atoms with E-state index in [0.717, 1.165) is 25.2 Å². The molecule has 0 bridgehead atoms. The molecule has 0 aromatic heterocycles. The number of hydrogen-bond acceptors (Lipinski definition) is 3. The third-order valence-corrected chi connectivity index (χ3v) is 3.79. The number of benzene rings is 1. The first-order chi connectivity index (χ1) is 12.4. The molecule has 6 heteroatoms. The Morgan fingerprint density at radius 3 is 2.58 bits per heavy atom. The second kappa shape index (κ2) is 9.27. The molecule has 0 atom stereocenters. The molecule has 0 fully saturated rings. The molecular weight excluding hydrogens is 326 g/mol. The van der Waals surface area contributed by atoms with Crippen LogP contribution in [-0.4, -0.2) is 43.6 Å². The number of guanidine groups is 1. The number of rotatable bonds is 6. The van der Waals surface area contributed by atoms with Crippen molar-refractivity contribution >= 4 is 17.6 Å². The molecule has 1 aromatic rings. The van der Waals surface area contributed by atoms with Gasteiger partial charge >= 0.3 is 0 Å². The van der Waals surface area contributed by atoms with Crippen LogP contribution in [0.1, 0.15) is 33.3 Å². The zero-order valence-electron chi connectivity index (χ0n) is 16.3. The van der Waals surface area contributed by atoms with E-state index in [2.05, 4.69) is 62.3 Å². The van der Waals surface area contributed by atoms with Gasteiger partial charge in [-0.2, -0.15) is 0 Å². The third-order valence-electron chi connectivity index (χ3n) is 3.79. The first kappa shape index (κ1) is 19.8. The molecular formula is C20H31N5O. The monoisotopic (exact) mass is 357 g/mol. The zero-order valence-corrected chi connectivity index (χ0v) is 16.3. The predicted octanol–water partition coefficient (Wildman–Crippen LogP) is 2.03. The van der Waals surface area contributed by atoms with Crippen LogP contribution in [0.4, 0.5) is 5.69 Å². The molecule has 0 radical (unpaired) electrons. The fourth-order valence-electron chi connectivity index (χ4n) is 2.68. The van der Waals surface area contributed by atoms with Crippen LogP contribution in [0, 0.1) is 0 Å². The van der Waals surface area contributed by atoms with E-state index in [1.807, 2.05) is 27.7 Å². The van der Waals surface area contributed by atoms with Crippen molar-refractivity contribution in [2.75, 3.05) is 31.1 Å². The Kier molecular flexibility index (Phi) is 7.06. The van der Waals surface area contributed by atoms with E-state index in [1.165, 1.54) is 5.69 Å². The minimum atomic E-state index is -0.237. The SMILES string of the molecule is CCNC(=NCc1cccc(N2CC=CC2)c1)NCC(=O)NC(C)(C)C. The lowest BCUT2D eigenvalue weighted by atomic mass is 10.1. The van der Waals surface area contributed by atoms with E-state index in [-0.39, 0.29) is 18.0 Å². The number of nitrogens with zero attached hydrogens (tertiary/aromatic N) is 2. The van der Waals surface area contributed by atoms with Gasteiger partial charge in [-0.1, -0.05) is 24.3 Å². The van der Waals surface area contributed by atoms with Crippen molar-refractivity contribution in [3.05, 3.63) is 42.0 Å². The van der Waals surface area contributed by atoms with Crippen LogP contribution >= 0.6 is 0 Å². The second-order valence-corrected chi connectivity index (χ2v) is 7.39. The van der Waals surface area contributed by atoms with Gasteiger partial charge in [0.15, 0.2) is 5.96 Å². The molecule has 1 amide bonds. The summed E-state index contributed by atoms with van der Waals surface area (Å²) in [4.78, 5) is 18.9. The van der Waals surface area contributed by atoms with Crippen molar-refractivity contribution in [3.63, 3.8) is 0 Å². The molecule has 1 aliphatic rings. The molecule has 0 saturated carbocycles. The van der Waals surface area contributed by atoms with E-state index in [9.17, 15) is 4.79 Å². The summed E-state index contributed by atoms with van der Waals surface area (Å²) in [6, 6.07) is 8.44. The van der Waals surface area contributed by atoms with E-state index >= 15 is 0 Å². The number of nitrogens with one attached hydrogen (secondary N) is 3. The van der Waals surface area contributed by atoms with Gasteiger partial charge < -0.3 is 20.9 Å². The van der Waals surface area contributed by atoms with Gasteiger partial charge in [-0.05, 0) is 45.4 Å². The van der Waals surface area contributed by atoms with Gasteiger partial charge in [-0.15, -0.1) is 0 Å². The highest BCUT2D eigenvalue weighted by atomic mass is 16.2. The molecule has 0 spiro atoms. The van der Waals surface area contributed by atoms with E-state index < -0.39 is 0 Å². The van der Waals surface area contributed by atoms with Crippen LogP contribution in [0.5, 0.6) is 0 Å². The Bertz CT molecular complexity index is 652. The molecule has 142 valence electrons. The quantitative estimate of drug-likeness (QED) is 0.414. The van der Waals surface area contributed by atoms with Crippen molar-refractivity contribution in [1.82, 2.24) is 16.0 Å². The Labute approximate surface area is 156 Å². The zero-order chi connectivity index (χ0) is 19.0. The van der Waals surface area contributed by atoms with Crippen molar-refractivity contribution in [3.8, 4) is 0 Å². The third kappa shape index (κ3) is 6.78. The highest BCUT2D eigenvalue weighted by molar-refractivity contribution is 5.86. The topological polar surface area (TPSA) is 68.8 Å². The molecule has 3 N–H and O–H groups in total. The molecule has 0 saturated heterocycles. The van der Waals surface area contributed by atoms with Crippen LogP contribution in [0.2, 0.25) is 0 Å². The van der Waals surface area contributed by atoms with Crippen LogP contribution in [0.3, 0.4) is 0 Å². The number of carbonyl (C=O) groups excluding carboxylic acids is 1. The molecule has 26 heavy (non-hydrogen) atoms. The molecule has 0 aliphatic carbocycles. The predicted molar refractivity (Wildman–Crippen MR) is 109 cm³/mol. The summed E-state index contributed by atoms with van der Waals surface area (Å²) < 4.78 is 0. The maximum Gasteiger partial charge on any atom is 0.239 e. The van der Waals surface area contributed by atoms with Gasteiger partial charge in [-0.25, -0.2) is 4.99 Å². The average molecular weight is 358 g/mol. The Hall–Kier alpha value is -2.50. The number of aliphatic imine (C=N–C) groups is 1. The first-order valence-electron chi connectivity index (χ1n) is 9.19. The Morgan fingerprint density at radius 1 is 1.19 bits per heavy atom. The summed E-state index contributed by atoms with van der Waals surface area (Å²) in [5.41, 5.74) is 2.12. The maximum atomic E-state index is 12.0. The number of hydrogen-bond donors (Lipinski definition) is 3. The van der Waals surface area contributed by atoms with Gasteiger partial charge in [0.2, 0.25) is 5.91 Å². The van der Waals surface area contributed by atoms with Gasteiger partial charge in [0.1, 0.15) is 0 Å². The lowest BCUT2D eigenvalue weighted by Gasteiger charge is -2.21. The fraction of sp³-hybridized carbons (Fsp3) is 0.500. The minimum absolute atomic E-state index is 0.0494. The smallest absolute Gasteiger partial charge is 0.239 e. The van der Waals surface area contributed by atoms with Crippen molar-refractivity contribution in [1.29, 1.82) is 0 Å². The molecule has 1 aliphatic heterocycles. The maximum absolute atomic E-state index is 12.0. The number of amides is 1. The standard InChI is InChI=1S/C20H31N5O/c1-5-21-19(23-15-18(26)24-20(2,3)4)22-14-16-9-8-10-17(13-16)25-11-6-7-12-25/h6-10,13H,5,11-12,14-15H2,1-4H3,(H,24,26)(H2,21,22,23). The van der Waals surface area contributed by atoms with Crippen LogP contribution in [0.15, 0.2) is 41.4 Å². The molecule has 0 unspecified atom stereocenters. The van der Waals surface area contributed by atoms with E-state index in [0.29, 0.717) is 12.5 Å². The molecule has 1 aromatic carbocycles. The fourth-order valence-corrected chi connectivity index (χ4v) is 2.68. The van der Waals surface area contributed by atoms with Gasteiger partial charge in [0.25, 0.3) is 0 Å². The Morgan fingerprint density at radius 2 is 1.92 bits per heavy atom. The molecule has 6 nitrogen and oxygen atoms in total. The lowest BCUT2D eigenvalue weighted by molar-refractivity contribution is -0.121. The largest absolute Gasteiger partial charge is 0.364 e. The second-order valence-electron chi connectivity index (χ2n) is 7.39. The van der Waals surface area contributed by atoms with E-state index in [4.69, 9.17) is 0 Å². The summed E-state index contributed by atoms with van der Waals surface area (Å²) >= 11 is 0. The highest BCUT2D eigenvalue weighted by Gasteiger charge is 2.13. The van der Waals surface area contributed by atoms with Crippen molar-refractivity contribution in [2.45, 2.75) is 39.8 Å². The van der Waals surface area contributed by atoms with Gasteiger partial charge in [0.05, 0.1) is 13.1 Å².